The summed E-state index contributed by atoms with van der Waals surface area (Å²) in [7, 11) is 0. The molecule has 0 unspecified atom stereocenters. The van der Waals surface area contributed by atoms with Crippen LogP contribution in [0.2, 0.25) is 0 Å². The summed E-state index contributed by atoms with van der Waals surface area (Å²) in [6.45, 7) is -0.00498. The summed E-state index contributed by atoms with van der Waals surface area (Å²) in [5.41, 5.74) is 0. The second-order valence-electron chi connectivity index (χ2n) is 17.5. The van der Waals surface area contributed by atoms with Gasteiger partial charge in [-0.2, -0.15) is 0 Å². The lowest BCUT2D eigenvalue weighted by Crippen LogP contribution is -2.70. The van der Waals surface area contributed by atoms with Crippen LogP contribution in [0.5, 0.6) is 0 Å². The van der Waals surface area contributed by atoms with E-state index in [2.05, 4.69) is 5.32 Å². The van der Waals surface area contributed by atoms with E-state index < -0.39 is 217 Å². The number of carbonyl (C=O) groups excluding carboxylic acids is 1. The summed E-state index contributed by atoms with van der Waals surface area (Å²) in [4.78, 5) is 12.7. The molecule has 0 saturated carbocycles. The Hall–Kier alpha value is -1.65. The molecule has 18 N–H and O–H groups in total. The molecule has 30 atom stereocenters. The van der Waals surface area contributed by atoms with Gasteiger partial charge in [0.1, 0.15) is 134 Å². The van der Waals surface area contributed by atoms with Gasteiger partial charge in [-0.25, -0.2) is 0 Å². The third-order valence-corrected chi connectivity index (χ3v) is 12.8. The van der Waals surface area contributed by atoms with Crippen molar-refractivity contribution in [3.05, 3.63) is 0 Å². The summed E-state index contributed by atoms with van der Waals surface area (Å²) in [6.07, 6.45) is -52.1. The first-order valence-corrected chi connectivity index (χ1v) is 21.8. The van der Waals surface area contributed by atoms with Gasteiger partial charge in [0.2, 0.25) is 5.91 Å². The van der Waals surface area contributed by atoms with Crippen LogP contribution in [-0.2, 0) is 56.9 Å². The number of ether oxygens (including phenoxy) is 11. The molecule has 0 aromatic rings. The summed E-state index contributed by atoms with van der Waals surface area (Å²) < 4.78 is 62.6. The van der Waals surface area contributed by atoms with E-state index in [1.54, 1.807) is 0 Å². The SMILES string of the molecule is CC(=O)N[C@H]1[C@H](O[C@H]2[C@@H](O)[C@@H](CO)O[C@@H](O[C@H]3[C@H](O)[C@@H](O)[C@H](O)O[C@@H]3CO)[C@@H]2O)O[C@H](CO)[C@@H](O)[C@@H]1O[C@H]1O[C@@H](C)[C@@H](O[C@@H]2O[C@H](CO)[C@H](O)[C@H](O)[C@H]2O[C@H]2O[C@@H](C)[C@@H](O)[C@@H](O)[C@@H]2O)[C@@H](O)[C@@H]1O. The normalized spacial score (nSPS) is 52.6. The molecule has 396 valence electrons. The van der Waals surface area contributed by atoms with Gasteiger partial charge in [-0.15, -0.1) is 0 Å². The van der Waals surface area contributed by atoms with Crippen molar-refractivity contribution in [2.45, 2.75) is 205 Å². The third kappa shape index (κ3) is 11.4. The first-order valence-electron chi connectivity index (χ1n) is 21.8. The summed E-state index contributed by atoms with van der Waals surface area (Å²) in [6, 6.07) is -1.71. The van der Waals surface area contributed by atoms with E-state index in [1.165, 1.54) is 13.8 Å². The zero-order chi connectivity index (χ0) is 50.2. The van der Waals surface area contributed by atoms with E-state index in [-0.39, 0.29) is 0 Å². The molecule has 0 aromatic heterocycles. The number of hydrogen-bond acceptors (Lipinski definition) is 29. The molecule has 30 heteroatoms. The van der Waals surface area contributed by atoms with Gasteiger partial charge in [-0.3, -0.25) is 4.79 Å². The van der Waals surface area contributed by atoms with Crippen molar-refractivity contribution >= 4 is 5.91 Å². The van der Waals surface area contributed by atoms with Crippen molar-refractivity contribution in [3.8, 4) is 0 Å². The molecule has 1 amide bonds. The largest absolute Gasteiger partial charge is 0.394 e. The van der Waals surface area contributed by atoms with Gasteiger partial charge in [-0.05, 0) is 13.8 Å². The predicted molar refractivity (Wildman–Crippen MR) is 208 cm³/mol. The molecule has 6 aliphatic rings. The summed E-state index contributed by atoms with van der Waals surface area (Å²) in [5.74, 6) is -0.823. The topological polar surface area (TPSA) is 475 Å². The number of hydrogen-bond donors (Lipinski definition) is 18. The zero-order valence-corrected chi connectivity index (χ0v) is 36.7. The van der Waals surface area contributed by atoms with Crippen LogP contribution in [0.4, 0.5) is 0 Å². The molecule has 0 aromatic carbocycles. The number of aliphatic hydroxyl groups is 17. The van der Waals surface area contributed by atoms with Gasteiger partial charge in [0.15, 0.2) is 37.7 Å². The highest BCUT2D eigenvalue weighted by Crippen LogP contribution is 2.37. The fourth-order valence-electron chi connectivity index (χ4n) is 8.81. The maximum absolute atomic E-state index is 12.7. The molecule has 0 aliphatic carbocycles. The lowest BCUT2D eigenvalue weighted by atomic mass is 9.94. The maximum Gasteiger partial charge on any atom is 0.217 e. The maximum atomic E-state index is 12.7. The molecule has 0 radical (unpaired) electrons. The molecule has 6 aliphatic heterocycles. The molecular weight excluding hydrogens is 934 g/mol. The van der Waals surface area contributed by atoms with Gasteiger partial charge in [-0.1, -0.05) is 0 Å². The van der Waals surface area contributed by atoms with E-state index in [0.717, 1.165) is 6.92 Å². The average Bonchev–Trinajstić information content (AvgIpc) is 3.30. The van der Waals surface area contributed by atoms with Crippen molar-refractivity contribution in [2.75, 3.05) is 26.4 Å². The van der Waals surface area contributed by atoms with Gasteiger partial charge >= 0.3 is 0 Å². The monoisotopic (exact) mass is 999 g/mol. The standard InChI is InChI=1S/C38H65NO29/c1-8-16(45)20(49)25(54)35(58-8)68-32-21(50)17(46)11(4-40)63-38(32)64-28-9(2)59-36(26(55)23(28)52)66-30-15(39-10(3)44)34(61-12(5-41)18(30)47)67-31-19(48)13(6-42)62-37(27(31)56)65-29-14(7-43)60-33(57)24(53)22(29)51/h8-9,11-38,40-43,45-57H,4-7H2,1-3H3,(H,39,44)/t8-,9-,11+,12+,13+,14+,15+,16+,17-,18+,19-,20+,21-,22+,23-,24+,25-,26-,27+,28+,29+,30+,31-,32+,33+,34-,35+,36+,37-,38-/m0/s1. The molecule has 68 heavy (non-hydrogen) atoms. The predicted octanol–water partition coefficient (Wildman–Crippen LogP) is -11.9. The van der Waals surface area contributed by atoms with E-state index >= 15 is 0 Å². The minimum atomic E-state index is -2.13. The highest BCUT2D eigenvalue weighted by molar-refractivity contribution is 5.73. The van der Waals surface area contributed by atoms with Crippen LogP contribution in [0.25, 0.3) is 0 Å². The van der Waals surface area contributed by atoms with Crippen molar-refractivity contribution < 1.29 is 144 Å². The summed E-state index contributed by atoms with van der Waals surface area (Å²) >= 11 is 0. The quantitative estimate of drug-likeness (QED) is 0.0724. The Bertz CT molecular complexity index is 1590. The highest BCUT2D eigenvalue weighted by atomic mass is 16.8. The Kier molecular flexibility index (Phi) is 19.2. The van der Waals surface area contributed by atoms with Gasteiger partial charge in [0.05, 0.1) is 38.6 Å². The second-order valence-corrected chi connectivity index (χ2v) is 17.5. The Balaban J connectivity index is 1.20. The third-order valence-electron chi connectivity index (χ3n) is 12.8. The van der Waals surface area contributed by atoms with Crippen molar-refractivity contribution in [2.24, 2.45) is 0 Å². The Morgan fingerprint density at radius 3 is 1.40 bits per heavy atom. The lowest BCUT2D eigenvalue weighted by molar-refractivity contribution is -0.393. The minimum Gasteiger partial charge on any atom is -0.394 e. The number of amides is 1. The molecule has 6 heterocycles. The van der Waals surface area contributed by atoms with Crippen LogP contribution in [0.1, 0.15) is 20.8 Å². The molecule has 30 nitrogen and oxygen atoms in total. The van der Waals surface area contributed by atoms with Crippen molar-refractivity contribution in [1.29, 1.82) is 0 Å². The van der Waals surface area contributed by atoms with Gasteiger partial charge < -0.3 is 144 Å². The number of nitrogens with one attached hydrogen (secondary N) is 1. The molecule has 0 bridgehead atoms. The van der Waals surface area contributed by atoms with Crippen LogP contribution >= 0.6 is 0 Å². The smallest absolute Gasteiger partial charge is 0.217 e. The molecule has 0 spiro atoms. The average molecular weight is 1000 g/mol. The molecular formula is C38H65NO29. The minimum absolute atomic E-state index is 0.823. The van der Waals surface area contributed by atoms with E-state index in [1.807, 2.05) is 0 Å². The van der Waals surface area contributed by atoms with Crippen molar-refractivity contribution in [3.63, 3.8) is 0 Å². The number of rotatable bonds is 15. The van der Waals surface area contributed by atoms with Gasteiger partial charge in [0.25, 0.3) is 0 Å². The molecule has 6 saturated heterocycles. The van der Waals surface area contributed by atoms with Crippen LogP contribution < -0.4 is 5.32 Å². The first kappa shape index (κ1) is 55.7. The van der Waals surface area contributed by atoms with Crippen LogP contribution in [0, 0.1) is 0 Å². The Labute approximate surface area is 386 Å². The van der Waals surface area contributed by atoms with Crippen LogP contribution in [0.3, 0.4) is 0 Å². The fourth-order valence-corrected chi connectivity index (χ4v) is 8.81. The zero-order valence-electron chi connectivity index (χ0n) is 36.7. The molecule has 6 rings (SSSR count). The second kappa shape index (κ2) is 23.5. The van der Waals surface area contributed by atoms with E-state index in [0.29, 0.717) is 0 Å². The number of aliphatic hydroxyl groups excluding tert-OH is 17. The Morgan fingerprint density at radius 1 is 0.382 bits per heavy atom. The highest BCUT2D eigenvalue weighted by Gasteiger charge is 2.57. The van der Waals surface area contributed by atoms with E-state index in [4.69, 9.17) is 52.1 Å². The lowest BCUT2D eigenvalue weighted by Gasteiger charge is -2.50. The first-order chi connectivity index (χ1) is 32.1. The van der Waals surface area contributed by atoms with Crippen LogP contribution in [0.15, 0.2) is 0 Å². The molecule has 6 fully saturated rings. The fraction of sp³-hybridized carbons (Fsp3) is 0.974. The van der Waals surface area contributed by atoms with Gasteiger partial charge in [0, 0.05) is 6.92 Å². The summed E-state index contributed by atoms with van der Waals surface area (Å²) in [5, 5.41) is 183. The van der Waals surface area contributed by atoms with E-state index in [9.17, 15) is 91.6 Å². The number of carbonyl (C=O) groups is 1. The van der Waals surface area contributed by atoms with Crippen LogP contribution in [-0.4, -0.2) is 303 Å². The Morgan fingerprint density at radius 2 is 0.809 bits per heavy atom. The van der Waals surface area contributed by atoms with Crippen molar-refractivity contribution in [1.82, 2.24) is 5.32 Å².